The van der Waals surface area contributed by atoms with Crippen LogP contribution in [0.3, 0.4) is 0 Å². The topological polar surface area (TPSA) is 36.9 Å². The zero-order chi connectivity index (χ0) is 27.6. The molecule has 5 aromatic carbocycles. The van der Waals surface area contributed by atoms with E-state index >= 15 is 0 Å². The van der Waals surface area contributed by atoms with Crippen LogP contribution < -0.4 is 18.9 Å². The largest absolute Gasteiger partial charge is 0.492 e. The second kappa shape index (κ2) is 13.7. The maximum Gasteiger partial charge on any atom is 0.139 e. The molecule has 0 spiro atoms. The van der Waals surface area contributed by atoms with Gasteiger partial charge < -0.3 is 18.9 Å². The molecule has 5 aromatic rings. The first kappa shape index (κ1) is 27.4. The van der Waals surface area contributed by atoms with Gasteiger partial charge in [-0.1, -0.05) is 112 Å². The predicted molar refractivity (Wildman–Crippen MR) is 164 cm³/mol. The van der Waals surface area contributed by atoms with Crippen LogP contribution in [0.2, 0.25) is 0 Å². The van der Waals surface area contributed by atoms with E-state index in [-0.39, 0.29) is 0 Å². The molecule has 0 bridgehead atoms. The molecule has 5 rings (SSSR count). The Bertz CT molecular complexity index is 1400. The normalized spacial score (nSPS) is 11.1. The van der Waals surface area contributed by atoms with Crippen molar-refractivity contribution in [3.8, 4) is 23.0 Å². The lowest BCUT2D eigenvalue weighted by Gasteiger charge is -2.21. The van der Waals surface area contributed by atoms with Crippen LogP contribution in [0.25, 0.3) is 21.5 Å². The van der Waals surface area contributed by atoms with Gasteiger partial charge in [0.05, 0.1) is 24.0 Å². The number of benzene rings is 5. The lowest BCUT2D eigenvalue weighted by molar-refractivity contribution is 0.296. The second-order valence-corrected chi connectivity index (χ2v) is 9.97. The molecule has 0 unspecified atom stereocenters. The Labute approximate surface area is 237 Å². The summed E-state index contributed by atoms with van der Waals surface area (Å²) < 4.78 is 26.0. The third kappa shape index (κ3) is 6.34. The van der Waals surface area contributed by atoms with E-state index < -0.39 is 0 Å². The molecule has 40 heavy (non-hydrogen) atoms. The Hall–Kier alpha value is -4.18. The highest BCUT2D eigenvalue weighted by molar-refractivity contribution is 6.15. The van der Waals surface area contributed by atoms with E-state index in [0.29, 0.717) is 26.4 Å². The van der Waals surface area contributed by atoms with Crippen molar-refractivity contribution in [3.63, 3.8) is 0 Å². The quantitative estimate of drug-likeness (QED) is 0.105. The molecule has 0 heterocycles. The summed E-state index contributed by atoms with van der Waals surface area (Å²) in [4.78, 5) is 0. The molecule has 0 saturated heterocycles. The molecule has 4 nitrogen and oxygen atoms in total. The summed E-state index contributed by atoms with van der Waals surface area (Å²) in [7, 11) is 0. The van der Waals surface area contributed by atoms with Gasteiger partial charge in [0.1, 0.15) is 36.2 Å². The first-order chi connectivity index (χ1) is 19.8. The zero-order valence-corrected chi connectivity index (χ0v) is 23.5. The Morgan fingerprint density at radius 2 is 0.875 bits per heavy atom. The first-order valence-electron chi connectivity index (χ1n) is 14.4. The summed E-state index contributed by atoms with van der Waals surface area (Å²) >= 11 is 0. The van der Waals surface area contributed by atoms with E-state index in [0.717, 1.165) is 81.4 Å². The number of unbranched alkanes of at least 4 members (excludes halogenated alkanes) is 2. The van der Waals surface area contributed by atoms with E-state index in [1.54, 1.807) is 0 Å². The fourth-order valence-corrected chi connectivity index (χ4v) is 4.83. The molecule has 0 aliphatic carbocycles. The van der Waals surface area contributed by atoms with Gasteiger partial charge in [0, 0.05) is 10.8 Å². The summed E-state index contributed by atoms with van der Waals surface area (Å²) in [6.45, 7) is 6.54. The summed E-state index contributed by atoms with van der Waals surface area (Å²) in [5, 5.41) is 3.82. The minimum Gasteiger partial charge on any atom is -0.492 e. The average molecular weight is 535 g/mol. The molecule has 206 valence electrons. The minimum atomic E-state index is 0.471. The highest BCUT2D eigenvalue weighted by Gasteiger charge is 2.22. The van der Waals surface area contributed by atoms with Crippen LogP contribution in [0.4, 0.5) is 0 Å². The molecule has 0 radical (unpaired) electrons. The van der Waals surface area contributed by atoms with Crippen LogP contribution in [-0.4, -0.2) is 13.2 Å². The molecule has 0 aromatic heterocycles. The van der Waals surface area contributed by atoms with Gasteiger partial charge in [-0.05, 0) is 36.1 Å². The molecular formula is C36H38O4. The van der Waals surface area contributed by atoms with Gasteiger partial charge in [-0.2, -0.15) is 0 Å². The molecular weight excluding hydrogens is 496 g/mol. The zero-order valence-electron chi connectivity index (χ0n) is 23.5. The van der Waals surface area contributed by atoms with Crippen molar-refractivity contribution in [3.05, 3.63) is 108 Å². The molecule has 0 atom stereocenters. The third-order valence-corrected chi connectivity index (χ3v) is 6.96. The number of hydrogen-bond acceptors (Lipinski definition) is 4. The maximum atomic E-state index is 6.57. The van der Waals surface area contributed by atoms with Gasteiger partial charge in [-0.15, -0.1) is 0 Å². The molecule has 0 aliphatic heterocycles. The Morgan fingerprint density at radius 1 is 0.450 bits per heavy atom. The summed E-state index contributed by atoms with van der Waals surface area (Å²) in [6.07, 6.45) is 4.04. The van der Waals surface area contributed by atoms with Crippen molar-refractivity contribution in [2.24, 2.45) is 0 Å². The van der Waals surface area contributed by atoms with Crippen molar-refractivity contribution < 1.29 is 18.9 Å². The number of fused-ring (bicyclic) bond motifs is 2. The lowest BCUT2D eigenvalue weighted by atomic mass is 9.98. The maximum absolute atomic E-state index is 6.57. The van der Waals surface area contributed by atoms with E-state index in [1.165, 1.54) is 0 Å². The van der Waals surface area contributed by atoms with Gasteiger partial charge in [-0.3, -0.25) is 0 Å². The third-order valence-electron chi connectivity index (χ3n) is 6.96. The molecule has 0 N–H and O–H groups in total. The molecule has 0 aliphatic rings. The Balaban J connectivity index is 1.67. The highest BCUT2D eigenvalue weighted by atomic mass is 16.5. The lowest BCUT2D eigenvalue weighted by Crippen LogP contribution is -2.05. The Morgan fingerprint density at radius 3 is 1.27 bits per heavy atom. The molecule has 4 heteroatoms. The molecule has 0 amide bonds. The fraction of sp³-hybridized carbons (Fsp3) is 0.278. The van der Waals surface area contributed by atoms with Crippen LogP contribution >= 0.6 is 0 Å². The molecule has 0 fully saturated rings. The van der Waals surface area contributed by atoms with Crippen molar-refractivity contribution in [1.82, 2.24) is 0 Å². The summed E-state index contributed by atoms with van der Waals surface area (Å²) in [5.74, 6) is 3.20. The number of ether oxygens (including phenoxy) is 4. The molecule has 0 saturated carbocycles. The fourth-order valence-electron chi connectivity index (χ4n) is 4.83. The van der Waals surface area contributed by atoms with Gasteiger partial charge >= 0.3 is 0 Å². The SMILES string of the molecule is CCCCOc1c2cccc(OCc3ccccc3)c2c(OCCCC)c2cccc(OCc3ccccc3)c12. The standard InChI is InChI=1S/C36H38O4/c1-3-5-23-37-35-29-19-13-22-32(40-26-28-17-11-8-12-18-28)34(29)36(38-24-6-4-2)30-20-14-21-31(33(30)35)39-25-27-15-9-7-10-16-27/h7-22H,3-6,23-26H2,1-2H3. The van der Waals surface area contributed by atoms with Gasteiger partial charge in [-0.25, -0.2) is 0 Å². The average Bonchev–Trinajstić information content (AvgIpc) is 3.01. The van der Waals surface area contributed by atoms with Crippen molar-refractivity contribution in [2.75, 3.05) is 13.2 Å². The number of rotatable bonds is 14. The van der Waals surface area contributed by atoms with Crippen molar-refractivity contribution in [1.29, 1.82) is 0 Å². The highest BCUT2D eigenvalue weighted by Crippen LogP contribution is 2.49. The second-order valence-electron chi connectivity index (χ2n) is 9.97. The van der Waals surface area contributed by atoms with Crippen molar-refractivity contribution in [2.45, 2.75) is 52.7 Å². The van der Waals surface area contributed by atoms with E-state index in [9.17, 15) is 0 Å². The monoisotopic (exact) mass is 534 g/mol. The van der Waals surface area contributed by atoms with E-state index in [4.69, 9.17) is 18.9 Å². The summed E-state index contributed by atoms with van der Waals surface area (Å²) in [6, 6.07) is 32.8. The van der Waals surface area contributed by atoms with Crippen LogP contribution in [-0.2, 0) is 13.2 Å². The number of hydrogen-bond donors (Lipinski definition) is 0. The first-order valence-corrected chi connectivity index (χ1v) is 14.4. The van der Waals surface area contributed by atoms with Gasteiger partial charge in [0.15, 0.2) is 0 Å². The van der Waals surface area contributed by atoms with Gasteiger partial charge in [0.25, 0.3) is 0 Å². The van der Waals surface area contributed by atoms with Crippen LogP contribution in [0.5, 0.6) is 23.0 Å². The minimum absolute atomic E-state index is 0.471. The van der Waals surface area contributed by atoms with E-state index in [2.05, 4.69) is 50.2 Å². The van der Waals surface area contributed by atoms with E-state index in [1.807, 2.05) is 60.7 Å². The van der Waals surface area contributed by atoms with Gasteiger partial charge in [0.2, 0.25) is 0 Å². The Kier molecular flexibility index (Phi) is 9.41. The predicted octanol–water partition coefficient (Wildman–Crippen LogP) is 9.51. The van der Waals surface area contributed by atoms with Crippen LogP contribution in [0, 0.1) is 0 Å². The smallest absolute Gasteiger partial charge is 0.139 e. The van der Waals surface area contributed by atoms with Crippen LogP contribution in [0.1, 0.15) is 50.7 Å². The summed E-state index contributed by atoms with van der Waals surface area (Å²) in [5.41, 5.74) is 2.23. The van der Waals surface area contributed by atoms with Crippen molar-refractivity contribution >= 4 is 21.5 Å². The van der Waals surface area contributed by atoms with Crippen LogP contribution in [0.15, 0.2) is 97.1 Å².